The van der Waals surface area contributed by atoms with Crippen LogP contribution in [0.2, 0.25) is 0 Å². The Balaban J connectivity index is 2.02. The van der Waals surface area contributed by atoms with Gasteiger partial charge in [-0.3, -0.25) is 0 Å². The first kappa shape index (κ1) is 13.7. The van der Waals surface area contributed by atoms with E-state index < -0.39 is 5.82 Å². The number of halogens is 1. The van der Waals surface area contributed by atoms with E-state index in [1.165, 1.54) is 6.20 Å². The fourth-order valence-corrected chi connectivity index (χ4v) is 2.18. The molecule has 0 unspecified atom stereocenters. The molecule has 0 spiro atoms. The molecular weight excluding hydrogens is 265 g/mol. The summed E-state index contributed by atoms with van der Waals surface area (Å²) in [5, 5.41) is 6.86. The molecule has 102 valence electrons. The molecule has 2 heterocycles. The highest BCUT2D eigenvalue weighted by Crippen LogP contribution is 2.16. The van der Waals surface area contributed by atoms with Gasteiger partial charge in [0, 0.05) is 17.6 Å². The maximum atomic E-state index is 13.6. The van der Waals surface area contributed by atoms with Gasteiger partial charge in [-0.2, -0.15) is 4.98 Å². The Morgan fingerprint density at radius 3 is 2.79 bits per heavy atom. The molecule has 19 heavy (non-hydrogen) atoms. The largest absolute Gasteiger partial charge is 0.361 e. The van der Waals surface area contributed by atoms with Gasteiger partial charge < -0.3 is 10.6 Å². The molecule has 0 saturated heterocycles. The van der Waals surface area contributed by atoms with Crippen molar-refractivity contribution in [2.75, 3.05) is 17.2 Å². The number of nitrogens with one attached hydrogen (secondary N) is 2. The van der Waals surface area contributed by atoms with Crippen LogP contribution < -0.4 is 10.6 Å². The molecule has 0 fully saturated rings. The second kappa shape index (κ2) is 6.42. The Kier molecular flexibility index (Phi) is 4.62. The Hall–Kier alpha value is -1.76. The summed E-state index contributed by atoms with van der Waals surface area (Å²) >= 11 is 1.58. The first-order chi connectivity index (χ1) is 9.19. The molecule has 2 N–H and O–H groups in total. The lowest BCUT2D eigenvalue weighted by atomic mass is 10.5. The Morgan fingerprint density at radius 1 is 1.26 bits per heavy atom. The topological polar surface area (TPSA) is 62.7 Å². The summed E-state index contributed by atoms with van der Waals surface area (Å²) in [6.07, 6.45) is 3.93. The number of aryl methyl sites for hydroxylation is 1. The van der Waals surface area contributed by atoms with E-state index in [9.17, 15) is 4.39 Å². The summed E-state index contributed by atoms with van der Waals surface area (Å²) in [7, 11) is 0. The minimum Gasteiger partial charge on any atom is -0.361 e. The SMILES string of the molecule is CCCNc1ncc(F)c(NCc2ncc(C)s2)n1. The molecule has 2 aromatic heterocycles. The molecule has 0 saturated carbocycles. The lowest BCUT2D eigenvalue weighted by Gasteiger charge is -2.07. The van der Waals surface area contributed by atoms with Crippen LogP contribution >= 0.6 is 11.3 Å². The monoisotopic (exact) mass is 281 g/mol. The molecule has 2 aromatic rings. The summed E-state index contributed by atoms with van der Waals surface area (Å²) in [5.74, 6) is 0.165. The molecule has 0 bridgehead atoms. The first-order valence-corrected chi connectivity index (χ1v) is 6.92. The van der Waals surface area contributed by atoms with Crippen LogP contribution in [0.4, 0.5) is 16.2 Å². The van der Waals surface area contributed by atoms with Crippen LogP contribution in [0.3, 0.4) is 0 Å². The van der Waals surface area contributed by atoms with Gasteiger partial charge in [0.15, 0.2) is 11.6 Å². The van der Waals surface area contributed by atoms with Crippen molar-refractivity contribution in [3.63, 3.8) is 0 Å². The van der Waals surface area contributed by atoms with Crippen molar-refractivity contribution < 1.29 is 4.39 Å². The van der Waals surface area contributed by atoms with Crippen molar-refractivity contribution >= 4 is 23.1 Å². The van der Waals surface area contributed by atoms with E-state index in [-0.39, 0.29) is 5.82 Å². The Morgan fingerprint density at radius 2 is 2.11 bits per heavy atom. The molecule has 0 atom stereocenters. The lowest BCUT2D eigenvalue weighted by molar-refractivity contribution is 0.617. The second-order valence-electron chi connectivity index (χ2n) is 4.04. The van der Waals surface area contributed by atoms with Gasteiger partial charge in [-0.25, -0.2) is 14.4 Å². The van der Waals surface area contributed by atoms with Gasteiger partial charge in [-0.05, 0) is 13.3 Å². The van der Waals surface area contributed by atoms with Crippen LogP contribution in [-0.2, 0) is 6.54 Å². The molecule has 0 aliphatic rings. The van der Waals surface area contributed by atoms with Gasteiger partial charge in [0.05, 0.1) is 12.7 Å². The molecule has 0 amide bonds. The predicted octanol–water partition coefficient (Wildman–Crippen LogP) is 2.81. The molecule has 5 nitrogen and oxygen atoms in total. The molecule has 0 aliphatic carbocycles. The molecule has 0 aromatic carbocycles. The lowest BCUT2D eigenvalue weighted by Crippen LogP contribution is -2.09. The third kappa shape index (κ3) is 3.85. The maximum absolute atomic E-state index is 13.6. The van der Waals surface area contributed by atoms with Crippen molar-refractivity contribution in [3.8, 4) is 0 Å². The summed E-state index contributed by atoms with van der Waals surface area (Å²) in [6, 6.07) is 0. The zero-order chi connectivity index (χ0) is 13.7. The van der Waals surface area contributed by atoms with Crippen LogP contribution in [0.25, 0.3) is 0 Å². The quantitative estimate of drug-likeness (QED) is 0.852. The number of aromatic nitrogens is 3. The van der Waals surface area contributed by atoms with Gasteiger partial charge in [0.1, 0.15) is 5.01 Å². The minimum atomic E-state index is -0.463. The third-order valence-electron chi connectivity index (χ3n) is 2.35. The van der Waals surface area contributed by atoms with E-state index in [1.54, 1.807) is 17.5 Å². The minimum absolute atomic E-state index is 0.196. The summed E-state index contributed by atoms with van der Waals surface area (Å²) < 4.78 is 13.6. The van der Waals surface area contributed by atoms with Gasteiger partial charge >= 0.3 is 0 Å². The molecule has 2 rings (SSSR count). The van der Waals surface area contributed by atoms with E-state index in [2.05, 4.69) is 25.6 Å². The van der Waals surface area contributed by atoms with Crippen molar-refractivity contribution in [1.82, 2.24) is 15.0 Å². The van der Waals surface area contributed by atoms with Crippen LogP contribution in [-0.4, -0.2) is 21.5 Å². The van der Waals surface area contributed by atoms with Crippen molar-refractivity contribution in [1.29, 1.82) is 0 Å². The molecule has 0 radical (unpaired) electrons. The maximum Gasteiger partial charge on any atom is 0.224 e. The number of nitrogens with zero attached hydrogens (tertiary/aromatic N) is 3. The van der Waals surface area contributed by atoms with E-state index >= 15 is 0 Å². The molecule has 0 aliphatic heterocycles. The van der Waals surface area contributed by atoms with E-state index in [0.29, 0.717) is 12.5 Å². The van der Waals surface area contributed by atoms with Crippen molar-refractivity contribution in [2.45, 2.75) is 26.8 Å². The van der Waals surface area contributed by atoms with Crippen LogP contribution in [0.1, 0.15) is 23.2 Å². The zero-order valence-electron chi connectivity index (χ0n) is 10.9. The summed E-state index contributed by atoms with van der Waals surface area (Å²) in [5.41, 5.74) is 0. The number of rotatable bonds is 6. The Bertz CT molecular complexity index is 543. The average molecular weight is 281 g/mol. The summed E-state index contributed by atoms with van der Waals surface area (Å²) in [6.45, 7) is 5.25. The van der Waals surface area contributed by atoms with Crippen LogP contribution in [0, 0.1) is 12.7 Å². The normalized spacial score (nSPS) is 10.5. The standard InChI is InChI=1S/C12H16FN5S/c1-3-4-14-12-17-6-9(13)11(18-12)16-7-10-15-5-8(2)19-10/h5-6H,3-4,7H2,1-2H3,(H2,14,16,17,18). The highest BCUT2D eigenvalue weighted by atomic mass is 32.1. The Labute approximate surface area is 115 Å². The highest BCUT2D eigenvalue weighted by molar-refractivity contribution is 7.11. The number of thiazole rings is 1. The predicted molar refractivity (Wildman–Crippen MR) is 74.9 cm³/mol. The smallest absolute Gasteiger partial charge is 0.224 e. The van der Waals surface area contributed by atoms with Gasteiger partial charge in [0.2, 0.25) is 5.95 Å². The number of anilines is 2. The van der Waals surface area contributed by atoms with Crippen LogP contribution in [0.15, 0.2) is 12.4 Å². The van der Waals surface area contributed by atoms with Gasteiger partial charge in [0.25, 0.3) is 0 Å². The van der Waals surface area contributed by atoms with E-state index in [0.717, 1.165) is 22.9 Å². The first-order valence-electron chi connectivity index (χ1n) is 6.10. The van der Waals surface area contributed by atoms with Crippen molar-refractivity contribution in [2.24, 2.45) is 0 Å². The molecule has 7 heteroatoms. The average Bonchev–Trinajstić information content (AvgIpc) is 2.82. The van der Waals surface area contributed by atoms with Gasteiger partial charge in [-0.15, -0.1) is 11.3 Å². The number of hydrogen-bond donors (Lipinski definition) is 2. The highest BCUT2D eigenvalue weighted by Gasteiger charge is 2.07. The third-order valence-corrected chi connectivity index (χ3v) is 3.27. The fourth-order valence-electron chi connectivity index (χ4n) is 1.46. The molecular formula is C12H16FN5S. The zero-order valence-corrected chi connectivity index (χ0v) is 11.7. The van der Waals surface area contributed by atoms with E-state index in [4.69, 9.17) is 0 Å². The van der Waals surface area contributed by atoms with E-state index in [1.807, 2.05) is 13.8 Å². The fraction of sp³-hybridized carbons (Fsp3) is 0.417. The van der Waals surface area contributed by atoms with Gasteiger partial charge in [-0.1, -0.05) is 6.92 Å². The van der Waals surface area contributed by atoms with Crippen LogP contribution in [0.5, 0.6) is 0 Å². The number of hydrogen-bond acceptors (Lipinski definition) is 6. The second-order valence-corrected chi connectivity index (χ2v) is 5.35. The summed E-state index contributed by atoms with van der Waals surface area (Å²) in [4.78, 5) is 13.3. The van der Waals surface area contributed by atoms with Crippen molar-refractivity contribution in [3.05, 3.63) is 28.1 Å².